The Morgan fingerprint density at radius 1 is 1.03 bits per heavy atom. The van der Waals surface area contributed by atoms with Crippen molar-refractivity contribution in [1.29, 1.82) is 0 Å². The largest absolute Gasteiger partial charge is 0.325 e. The summed E-state index contributed by atoms with van der Waals surface area (Å²) in [6.45, 7) is 2.06. The molecule has 2 N–H and O–H groups in total. The van der Waals surface area contributed by atoms with Crippen LogP contribution < -0.4 is 10.6 Å². The molecule has 0 aromatic heterocycles. The maximum absolute atomic E-state index is 13.1. The van der Waals surface area contributed by atoms with Gasteiger partial charge in [0, 0.05) is 11.3 Å². The highest BCUT2D eigenvalue weighted by atomic mass is 16.2. The third-order valence-electron chi connectivity index (χ3n) is 6.31. The van der Waals surface area contributed by atoms with Crippen molar-refractivity contribution in [3.05, 3.63) is 65.7 Å². The van der Waals surface area contributed by atoms with Crippen molar-refractivity contribution in [1.82, 2.24) is 10.2 Å². The van der Waals surface area contributed by atoms with Crippen LogP contribution in [0.2, 0.25) is 0 Å². The van der Waals surface area contributed by atoms with E-state index in [9.17, 15) is 14.4 Å². The van der Waals surface area contributed by atoms with Gasteiger partial charge in [0.1, 0.15) is 5.54 Å². The Balaban J connectivity index is 1.42. The Bertz CT molecular complexity index is 936. The minimum absolute atomic E-state index is 0.148. The molecule has 1 aliphatic heterocycles. The molecule has 156 valence electrons. The number of carbonyl (C=O) groups excluding carboxylic acids is 3. The summed E-state index contributed by atoms with van der Waals surface area (Å²) in [4.78, 5) is 39.3. The Labute approximate surface area is 176 Å². The molecule has 6 heteroatoms. The van der Waals surface area contributed by atoms with E-state index in [1.165, 1.54) is 11.3 Å². The number of hydrogen-bond acceptors (Lipinski definition) is 3. The SMILES string of the molecule is C[C@]1(C2CCCCC2)NC(=O)N(Cc2ccc(C(=O)Nc3ccccc3)cc2)C1=O. The molecule has 2 aromatic carbocycles. The van der Waals surface area contributed by atoms with E-state index in [2.05, 4.69) is 10.6 Å². The first-order chi connectivity index (χ1) is 14.5. The van der Waals surface area contributed by atoms with Gasteiger partial charge < -0.3 is 10.6 Å². The van der Waals surface area contributed by atoms with Crippen LogP contribution in [0.4, 0.5) is 10.5 Å². The van der Waals surface area contributed by atoms with Gasteiger partial charge in [-0.3, -0.25) is 14.5 Å². The number of nitrogens with one attached hydrogen (secondary N) is 2. The fraction of sp³-hybridized carbons (Fsp3) is 0.375. The molecule has 2 fully saturated rings. The average Bonchev–Trinajstić information content (AvgIpc) is 2.99. The number of benzene rings is 2. The highest BCUT2D eigenvalue weighted by molar-refractivity contribution is 6.07. The second-order valence-electron chi connectivity index (χ2n) is 8.38. The third kappa shape index (κ3) is 3.95. The van der Waals surface area contributed by atoms with Crippen LogP contribution in [0.25, 0.3) is 0 Å². The molecule has 1 saturated heterocycles. The summed E-state index contributed by atoms with van der Waals surface area (Å²) in [5.74, 6) is -0.158. The first kappa shape index (κ1) is 20.1. The van der Waals surface area contributed by atoms with Crippen molar-refractivity contribution in [3.8, 4) is 0 Å². The first-order valence-electron chi connectivity index (χ1n) is 10.6. The molecule has 0 radical (unpaired) electrons. The lowest BCUT2D eigenvalue weighted by Crippen LogP contribution is -2.51. The predicted octanol–water partition coefficient (Wildman–Crippen LogP) is 4.33. The Morgan fingerprint density at radius 3 is 2.37 bits per heavy atom. The van der Waals surface area contributed by atoms with Crippen molar-refractivity contribution in [2.75, 3.05) is 5.32 Å². The van der Waals surface area contributed by atoms with Crippen LogP contribution >= 0.6 is 0 Å². The summed E-state index contributed by atoms with van der Waals surface area (Å²) < 4.78 is 0. The zero-order chi connectivity index (χ0) is 21.1. The predicted molar refractivity (Wildman–Crippen MR) is 115 cm³/mol. The van der Waals surface area contributed by atoms with Crippen molar-refractivity contribution in [2.45, 2.75) is 51.1 Å². The number of para-hydroxylation sites is 1. The topological polar surface area (TPSA) is 78.5 Å². The van der Waals surface area contributed by atoms with Crippen molar-refractivity contribution >= 4 is 23.5 Å². The van der Waals surface area contributed by atoms with Gasteiger partial charge >= 0.3 is 6.03 Å². The lowest BCUT2D eigenvalue weighted by molar-refractivity contribution is -0.133. The second kappa shape index (κ2) is 8.30. The van der Waals surface area contributed by atoms with Gasteiger partial charge in [-0.1, -0.05) is 49.6 Å². The molecule has 1 aliphatic carbocycles. The van der Waals surface area contributed by atoms with Gasteiger partial charge in [-0.05, 0) is 55.5 Å². The minimum atomic E-state index is -0.812. The number of nitrogens with zero attached hydrogens (tertiary/aromatic N) is 1. The van der Waals surface area contributed by atoms with Crippen LogP contribution in [0.15, 0.2) is 54.6 Å². The van der Waals surface area contributed by atoms with Crippen molar-refractivity contribution in [3.63, 3.8) is 0 Å². The van der Waals surface area contributed by atoms with Gasteiger partial charge in [0.15, 0.2) is 0 Å². The second-order valence-corrected chi connectivity index (χ2v) is 8.38. The third-order valence-corrected chi connectivity index (χ3v) is 6.31. The van der Waals surface area contributed by atoms with Gasteiger partial charge in [0.25, 0.3) is 11.8 Å². The maximum Gasteiger partial charge on any atom is 0.325 e. The summed E-state index contributed by atoms with van der Waals surface area (Å²) in [5.41, 5.74) is 1.25. The lowest BCUT2D eigenvalue weighted by atomic mass is 9.75. The number of amides is 4. The van der Waals surface area contributed by atoms with E-state index >= 15 is 0 Å². The molecule has 1 atom stereocenters. The zero-order valence-electron chi connectivity index (χ0n) is 17.2. The number of carbonyl (C=O) groups is 3. The van der Waals surface area contributed by atoms with Gasteiger partial charge in [-0.2, -0.15) is 0 Å². The number of hydrogen-bond donors (Lipinski definition) is 2. The normalized spacial score (nSPS) is 22.1. The molecule has 0 spiro atoms. The van der Waals surface area contributed by atoms with E-state index in [0.29, 0.717) is 5.56 Å². The van der Waals surface area contributed by atoms with Gasteiger partial charge in [-0.25, -0.2) is 4.79 Å². The fourth-order valence-electron chi connectivity index (χ4n) is 4.48. The van der Waals surface area contributed by atoms with Crippen molar-refractivity contribution < 1.29 is 14.4 Å². The fourth-order valence-corrected chi connectivity index (χ4v) is 4.48. The van der Waals surface area contributed by atoms with E-state index in [1.54, 1.807) is 24.3 Å². The van der Waals surface area contributed by atoms with Crippen LogP contribution in [0.3, 0.4) is 0 Å². The summed E-state index contributed by atoms with van der Waals surface area (Å²) in [5, 5.41) is 5.79. The quantitative estimate of drug-likeness (QED) is 0.727. The number of urea groups is 1. The van der Waals surface area contributed by atoms with Gasteiger partial charge in [-0.15, -0.1) is 0 Å². The van der Waals surface area contributed by atoms with Crippen LogP contribution in [-0.4, -0.2) is 28.3 Å². The molecule has 30 heavy (non-hydrogen) atoms. The highest BCUT2D eigenvalue weighted by Crippen LogP contribution is 2.36. The molecular formula is C24H27N3O3. The van der Waals surface area contributed by atoms with Gasteiger partial charge in [0.05, 0.1) is 6.54 Å². The standard InChI is InChI=1S/C24H27N3O3/c1-24(19-8-4-2-5-9-19)22(29)27(23(30)26-24)16-17-12-14-18(15-13-17)21(28)25-20-10-6-3-7-11-20/h3,6-7,10-15,19H,2,4-5,8-9,16H2,1H3,(H,25,28)(H,26,30)/t24-/m1/s1. The molecule has 4 rings (SSSR count). The van der Waals surface area contributed by atoms with E-state index in [1.807, 2.05) is 37.3 Å². The van der Waals surface area contributed by atoms with E-state index in [-0.39, 0.29) is 30.3 Å². The smallest absolute Gasteiger partial charge is 0.323 e. The van der Waals surface area contributed by atoms with E-state index in [0.717, 1.165) is 36.9 Å². The first-order valence-corrected chi connectivity index (χ1v) is 10.6. The number of imide groups is 1. The van der Waals surface area contributed by atoms with E-state index < -0.39 is 5.54 Å². The van der Waals surface area contributed by atoms with Crippen LogP contribution in [0, 0.1) is 5.92 Å². The van der Waals surface area contributed by atoms with E-state index in [4.69, 9.17) is 0 Å². The Morgan fingerprint density at radius 2 is 1.70 bits per heavy atom. The summed E-state index contributed by atoms with van der Waals surface area (Å²) >= 11 is 0. The summed E-state index contributed by atoms with van der Waals surface area (Å²) in [6.07, 6.45) is 5.36. The average molecular weight is 405 g/mol. The Kier molecular flexibility index (Phi) is 5.57. The summed E-state index contributed by atoms with van der Waals surface area (Å²) in [7, 11) is 0. The molecule has 1 heterocycles. The maximum atomic E-state index is 13.1. The van der Waals surface area contributed by atoms with Crippen LogP contribution in [-0.2, 0) is 11.3 Å². The van der Waals surface area contributed by atoms with Crippen molar-refractivity contribution in [2.24, 2.45) is 5.92 Å². The molecule has 6 nitrogen and oxygen atoms in total. The Hall–Kier alpha value is -3.15. The molecule has 2 aromatic rings. The van der Waals surface area contributed by atoms with Gasteiger partial charge in [0.2, 0.25) is 0 Å². The molecule has 2 aliphatic rings. The molecular weight excluding hydrogens is 378 g/mol. The number of anilines is 1. The van der Waals surface area contributed by atoms with Crippen LogP contribution in [0.5, 0.6) is 0 Å². The molecule has 4 amide bonds. The molecule has 1 saturated carbocycles. The monoisotopic (exact) mass is 405 g/mol. The molecule has 0 unspecified atom stereocenters. The summed E-state index contributed by atoms with van der Waals surface area (Å²) in [6, 6.07) is 15.9. The lowest BCUT2D eigenvalue weighted by Gasteiger charge is -2.34. The highest BCUT2D eigenvalue weighted by Gasteiger charge is 2.52. The zero-order valence-corrected chi connectivity index (χ0v) is 17.2. The number of rotatable bonds is 5. The minimum Gasteiger partial charge on any atom is -0.323 e. The molecule has 0 bridgehead atoms. The van der Waals surface area contributed by atoms with Crippen LogP contribution in [0.1, 0.15) is 54.9 Å².